The average Bonchev–Trinajstić information content (AvgIpc) is 2.55. The maximum atomic E-state index is 12.6. The molecule has 10 nitrogen and oxygen atoms in total. The van der Waals surface area contributed by atoms with Crippen molar-refractivity contribution in [2.24, 2.45) is 22.6 Å². The Morgan fingerprint density at radius 1 is 1.15 bits per heavy atom. The van der Waals surface area contributed by atoms with Crippen LogP contribution in [0.5, 0.6) is 0 Å². The van der Waals surface area contributed by atoms with Gasteiger partial charge in [0.05, 0.1) is 6.04 Å². The van der Waals surface area contributed by atoms with Crippen LogP contribution in [0.25, 0.3) is 0 Å². The number of nitrogens with two attached hydrogens (primary N) is 1. The molecule has 0 saturated heterocycles. The van der Waals surface area contributed by atoms with Crippen LogP contribution in [-0.2, 0) is 9.59 Å². The number of hydrazine groups is 1. The van der Waals surface area contributed by atoms with E-state index in [0.717, 1.165) is 6.42 Å². The highest BCUT2D eigenvalue weighted by atomic mass is 16.7. The Morgan fingerprint density at radius 2 is 1.77 bits per heavy atom. The van der Waals surface area contributed by atoms with Gasteiger partial charge in [-0.2, -0.15) is 0 Å². The first kappa shape index (κ1) is 23.6. The van der Waals surface area contributed by atoms with E-state index in [-0.39, 0.29) is 17.7 Å². The average molecular weight is 372 g/mol. The fourth-order valence-electron chi connectivity index (χ4n) is 2.11. The van der Waals surface area contributed by atoms with Crippen molar-refractivity contribution in [3.63, 3.8) is 0 Å². The Bertz CT molecular complexity index is 509. The first-order chi connectivity index (χ1) is 12.1. The van der Waals surface area contributed by atoms with Crippen molar-refractivity contribution < 1.29 is 14.6 Å². The summed E-state index contributed by atoms with van der Waals surface area (Å²) >= 11 is 0. The normalized spacial score (nSPS) is 15.1. The second kappa shape index (κ2) is 12.0. The van der Waals surface area contributed by atoms with Crippen molar-refractivity contribution in [1.82, 2.24) is 16.1 Å². The lowest BCUT2D eigenvalue weighted by Gasteiger charge is -2.25. The molecule has 0 rings (SSSR count). The first-order valence-corrected chi connectivity index (χ1v) is 8.94. The monoisotopic (exact) mass is 372 g/mol. The lowest BCUT2D eigenvalue weighted by atomic mass is 10.0. The number of hydrogen-bond donors (Lipinski definition) is 4. The Labute approximate surface area is 154 Å². The van der Waals surface area contributed by atoms with E-state index in [1.54, 1.807) is 19.3 Å². The van der Waals surface area contributed by atoms with Gasteiger partial charge < -0.3 is 16.4 Å². The number of hydrogen-bond acceptors (Lipinski definition) is 5. The topological polar surface area (TPSA) is 152 Å². The van der Waals surface area contributed by atoms with Gasteiger partial charge in [-0.1, -0.05) is 40.0 Å². The van der Waals surface area contributed by atoms with Crippen molar-refractivity contribution in [1.29, 1.82) is 0 Å². The van der Waals surface area contributed by atoms with Crippen LogP contribution >= 0.6 is 0 Å². The molecular weight excluding hydrogens is 340 g/mol. The summed E-state index contributed by atoms with van der Waals surface area (Å²) in [6.45, 7) is 9.94. The Hall–Kier alpha value is -2.39. The molecule has 0 spiro atoms. The molecule has 0 aliphatic rings. The van der Waals surface area contributed by atoms with Crippen molar-refractivity contribution in [2.45, 2.75) is 66.0 Å². The van der Waals surface area contributed by atoms with E-state index in [0.29, 0.717) is 25.3 Å². The highest BCUT2D eigenvalue weighted by molar-refractivity contribution is 5.89. The molecular formula is C16H32N6O4. The highest BCUT2D eigenvalue weighted by Gasteiger charge is 2.30. The number of guanidine groups is 1. The minimum absolute atomic E-state index is 0.267. The third-order valence-corrected chi connectivity index (χ3v) is 3.97. The van der Waals surface area contributed by atoms with Gasteiger partial charge in [0, 0.05) is 12.5 Å². The van der Waals surface area contributed by atoms with E-state index in [9.17, 15) is 19.7 Å². The minimum Gasteiger partial charge on any atom is -0.365 e. The van der Waals surface area contributed by atoms with Crippen molar-refractivity contribution in [3.8, 4) is 0 Å². The summed E-state index contributed by atoms with van der Waals surface area (Å²) < 4.78 is 0. The summed E-state index contributed by atoms with van der Waals surface area (Å²) in [5.74, 6) is -0.919. The van der Waals surface area contributed by atoms with E-state index in [4.69, 9.17) is 5.73 Å². The van der Waals surface area contributed by atoms with Crippen molar-refractivity contribution in [2.75, 3.05) is 6.54 Å². The maximum absolute atomic E-state index is 12.6. The molecule has 5 N–H and O–H groups in total. The predicted octanol–water partition coefficient (Wildman–Crippen LogP) is 0.554. The third-order valence-electron chi connectivity index (χ3n) is 3.97. The molecule has 0 heterocycles. The third kappa shape index (κ3) is 9.19. The molecule has 0 fully saturated rings. The molecule has 10 heteroatoms. The summed E-state index contributed by atoms with van der Waals surface area (Å²) in [5.41, 5.74) is 7.25. The number of rotatable bonds is 11. The zero-order chi connectivity index (χ0) is 20.3. The molecule has 150 valence electrons. The summed E-state index contributed by atoms with van der Waals surface area (Å²) in [6, 6.07) is -1.68. The van der Waals surface area contributed by atoms with E-state index in [2.05, 4.69) is 15.6 Å². The van der Waals surface area contributed by atoms with E-state index in [1.165, 1.54) is 0 Å². The van der Waals surface area contributed by atoms with Gasteiger partial charge in [-0.3, -0.25) is 9.59 Å². The van der Waals surface area contributed by atoms with Crippen LogP contribution in [0.15, 0.2) is 4.99 Å². The number of aliphatic imine (C=N–C) groups is 1. The number of amides is 2. The predicted molar refractivity (Wildman–Crippen MR) is 99.7 cm³/mol. The smallest absolute Gasteiger partial charge is 0.251 e. The summed E-state index contributed by atoms with van der Waals surface area (Å²) in [6.07, 6.45) is 1.78. The largest absolute Gasteiger partial charge is 0.365 e. The Kier molecular flexibility index (Phi) is 10.9. The second-order valence-electron chi connectivity index (χ2n) is 6.63. The molecule has 0 aromatic rings. The van der Waals surface area contributed by atoms with Gasteiger partial charge in [0.25, 0.3) is 5.96 Å². The zero-order valence-electron chi connectivity index (χ0n) is 16.2. The summed E-state index contributed by atoms with van der Waals surface area (Å²) in [5, 5.41) is 15.1. The molecule has 1 unspecified atom stereocenters. The van der Waals surface area contributed by atoms with Gasteiger partial charge in [-0.05, 0) is 25.2 Å². The minimum atomic E-state index is -0.958. The molecule has 0 aromatic carbocycles. The quantitative estimate of drug-likeness (QED) is 0.180. The van der Waals surface area contributed by atoms with E-state index >= 15 is 0 Å². The molecule has 0 radical (unpaired) electrons. The maximum Gasteiger partial charge on any atom is 0.251 e. The van der Waals surface area contributed by atoms with Crippen LogP contribution in [0.4, 0.5) is 0 Å². The van der Waals surface area contributed by atoms with Gasteiger partial charge in [0.2, 0.25) is 11.8 Å². The fraction of sp³-hybridized carbons (Fsp3) is 0.812. The summed E-state index contributed by atoms with van der Waals surface area (Å²) in [7, 11) is 0. The lowest BCUT2D eigenvalue weighted by molar-refractivity contribution is -0.525. The van der Waals surface area contributed by atoms with Crippen LogP contribution in [0.2, 0.25) is 0 Å². The Balaban J connectivity index is 5.33. The summed E-state index contributed by atoms with van der Waals surface area (Å²) in [4.78, 5) is 39.3. The van der Waals surface area contributed by atoms with Crippen LogP contribution in [-0.4, -0.2) is 41.4 Å². The molecule has 26 heavy (non-hydrogen) atoms. The van der Waals surface area contributed by atoms with Gasteiger partial charge >= 0.3 is 0 Å². The SMILES string of the molecule is CCC(N=C(N)N[N+](=O)[O-])[C@H](NC(=O)[C@@H](C)CC)C(=O)NCCC(C)C. The van der Waals surface area contributed by atoms with Crippen LogP contribution in [0.1, 0.15) is 53.9 Å². The van der Waals surface area contributed by atoms with Gasteiger partial charge in [0.15, 0.2) is 5.03 Å². The van der Waals surface area contributed by atoms with Crippen LogP contribution in [0.3, 0.4) is 0 Å². The lowest BCUT2D eigenvalue weighted by Crippen LogP contribution is -2.54. The van der Waals surface area contributed by atoms with Gasteiger partial charge in [-0.25, -0.2) is 15.1 Å². The first-order valence-electron chi connectivity index (χ1n) is 8.94. The van der Waals surface area contributed by atoms with Gasteiger partial charge in [-0.15, -0.1) is 0 Å². The number of carbonyl (C=O) groups excluding carboxylic acids is 2. The van der Waals surface area contributed by atoms with Crippen molar-refractivity contribution in [3.05, 3.63) is 10.1 Å². The number of nitro groups is 1. The highest BCUT2D eigenvalue weighted by Crippen LogP contribution is 2.09. The Morgan fingerprint density at radius 3 is 2.23 bits per heavy atom. The molecule has 0 aliphatic heterocycles. The number of carbonyl (C=O) groups is 2. The van der Waals surface area contributed by atoms with E-state index < -0.39 is 23.1 Å². The molecule has 0 aromatic heterocycles. The number of nitrogens with zero attached hydrogens (tertiary/aromatic N) is 2. The fourth-order valence-corrected chi connectivity index (χ4v) is 2.11. The van der Waals surface area contributed by atoms with E-state index in [1.807, 2.05) is 20.8 Å². The number of nitrogens with one attached hydrogen (secondary N) is 3. The molecule has 3 atom stereocenters. The van der Waals surface area contributed by atoms with Gasteiger partial charge in [0.1, 0.15) is 6.04 Å². The second-order valence-corrected chi connectivity index (χ2v) is 6.63. The van der Waals surface area contributed by atoms with Crippen LogP contribution < -0.4 is 21.8 Å². The molecule has 0 aliphatic carbocycles. The van der Waals surface area contributed by atoms with Crippen molar-refractivity contribution >= 4 is 17.8 Å². The zero-order valence-corrected chi connectivity index (χ0v) is 16.2. The molecule has 0 saturated carbocycles. The van der Waals surface area contributed by atoms with Crippen LogP contribution in [0, 0.1) is 22.0 Å². The standard InChI is InChI=1S/C16H32N6O4/c1-6-11(5)14(23)20-13(15(24)18-9-8-10(3)4)12(7-2)19-16(17)21-22(25)26/h10-13H,6-9H2,1-5H3,(H,18,24)(H,20,23)(H3,17,19,21)/t11-,12?,13-/m0/s1. The molecule has 2 amide bonds. The molecule has 0 bridgehead atoms.